The van der Waals surface area contributed by atoms with E-state index in [-0.39, 0.29) is 5.56 Å². The Bertz CT molecular complexity index is 612. The molecule has 0 aliphatic carbocycles. The third kappa shape index (κ3) is 3.82. The Morgan fingerprint density at radius 2 is 2.32 bits per heavy atom. The Labute approximate surface area is 115 Å². The van der Waals surface area contributed by atoms with Gasteiger partial charge < -0.3 is 10.7 Å². The second-order valence-corrected chi connectivity index (χ2v) is 5.09. The fourth-order valence-corrected chi connectivity index (χ4v) is 2.55. The van der Waals surface area contributed by atoms with E-state index in [9.17, 15) is 4.79 Å². The number of pyridine rings is 1. The van der Waals surface area contributed by atoms with E-state index >= 15 is 0 Å². The normalized spacial score (nSPS) is 10.6. The van der Waals surface area contributed by atoms with Gasteiger partial charge in [0.1, 0.15) is 5.82 Å². The van der Waals surface area contributed by atoms with Gasteiger partial charge in [-0.15, -0.1) is 0 Å². The van der Waals surface area contributed by atoms with Crippen molar-refractivity contribution >= 4 is 17.6 Å². The summed E-state index contributed by atoms with van der Waals surface area (Å²) in [4.78, 5) is 22.7. The molecular formula is C13H16N4OS. The van der Waals surface area contributed by atoms with Crippen LogP contribution in [0, 0.1) is 0 Å². The SMILES string of the molecule is CCCc1cc(=O)[nH]c(SCc2cccnc2N)n1. The molecule has 0 saturated carbocycles. The highest BCUT2D eigenvalue weighted by Crippen LogP contribution is 2.21. The maximum absolute atomic E-state index is 11.5. The van der Waals surface area contributed by atoms with Crippen LogP contribution >= 0.6 is 11.8 Å². The van der Waals surface area contributed by atoms with E-state index in [1.165, 1.54) is 11.8 Å². The first-order valence-electron chi connectivity index (χ1n) is 6.11. The number of hydrogen-bond acceptors (Lipinski definition) is 5. The molecule has 0 spiro atoms. The molecule has 2 heterocycles. The molecule has 3 N–H and O–H groups in total. The van der Waals surface area contributed by atoms with Crippen LogP contribution in [0.15, 0.2) is 34.3 Å². The Hall–Kier alpha value is -1.82. The van der Waals surface area contributed by atoms with Crippen molar-refractivity contribution in [3.05, 3.63) is 46.0 Å². The number of rotatable bonds is 5. The molecule has 2 rings (SSSR count). The molecule has 0 unspecified atom stereocenters. The molecule has 100 valence electrons. The molecule has 19 heavy (non-hydrogen) atoms. The average molecular weight is 276 g/mol. The first-order chi connectivity index (χ1) is 9.19. The standard InChI is InChI=1S/C13H16N4OS/c1-2-4-10-7-11(18)17-13(16-10)19-8-9-5-3-6-15-12(9)14/h3,5-7H,2,4,8H2,1H3,(H2,14,15)(H,16,17,18). The minimum atomic E-state index is -0.111. The van der Waals surface area contributed by atoms with E-state index in [4.69, 9.17) is 5.73 Å². The van der Waals surface area contributed by atoms with E-state index < -0.39 is 0 Å². The highest BCUT2D eigenvalue weighted by atomic mass is 32.2. The van der Waals surface area contributed by atoms with Gasteiger partial charge in [-0.1, -0.05) is 31.2 Å². The molecule has 0 bridgehead atoms. The highest BCUT2D eigenvalue weighted by Gasteiger charge is 2.04. The summed E-state index contributed by atoms with van der Waals surface area (Å²) < 4.78 is 0. The third-order valence-electron chi connectivity index (χ3n) is 2.57. The fraction of sp³-hybridized carbons (Fsp3) is 0.308. The number of aryl methyl sites for hydroxylation is 1. The second kappa shape index (κ2) is 6.38. The fourth-order valence-electron chi connectivity index (χ4n) is 1.66. The van der Waals surface area contributed by atoms with Gasteiger partial charge in [-0.25, -0.2) is 9.97 Å². The molecule has 0 saturated heterocycles. The van der Waals surface area contributed by atoms with Gasteiger partial charge in [0.2, 0.25) is 0 Å². The second-order valence-electron chi connectivity index (χ2n) is 4.13. The Kier molecular flexibility index (Phi) is 4.57. The number of anilines is 1. The molecule has 5 nitrogen and oxygen atoms in total. The summed E-state index contributed by atoms with van der Waals surface area (Å²) in [6, 6.07) is 5.31. The van der Waals surface area contributed by atoms with Crippen LogP contribution in [0.4, 0.5) is 5.82 Å². The van der Waals surface area contributed by atoms with Crippen LogP contribution in [0.2, 0.25) is 0 Å². The van der Waals surface area contributed by atoms with Gasteiger partial charge in [0.15, 0.2) is 5.16 Å². The molecule has 0 radical (unpaired) electrons. The number of thioether (sulfide) groups is 1. The van der Waals surface area contributed by atoms with Gasteiger partial charge in [-0.2, -0.15) is 0 Å². The predicted octanol–water partition coefficient (Wildman–Crippen LogP) is 1.99. The highest BCUT2D eigenvalue weighted by molar-refractivity contribution is 7.98. The van der Waals surface area contributed by atoms with Crippen molar-refractivity contribution in [1.29, 1.82) is 0 Å². The molecule has 6 heteroatoms. The van der Waals surface area contributed by atoms with Crippen LogP contribution in [0.1, 0.15) is 24.6 Å². The summed E-state index contributed by atoms with van der Waals surface area (Å²) in [5.41, 5.74) is 7.43. The van der Waals surface area contributed by atoms with Crippen LogP contribution in [-0.4, -0.2) is 15.0 Å². The van der Waals surface area contributed by atoms with Crippen LogP contribution in [0.5, 0.6) is 0 Å². The largest absolute Gasteiger partial charge is 0.383 e. The summed E-state index contributed by atoms with van der Waals surface area (Å²) in [5.74, 6) is 1.15. The van der Waals surface area contributed by atoms with Gasteiger partial charge in [0.05, 0.1) is 0 Å². The number of nitrogen functional groups attached to an aromatic ring is 1. The Morgan fingerprint density at radius 3 is 3.05 bits per heavy atom. The molecule has 0 fully saturated rings. The van der Waals surface area contributed by atoms with Crippen molar-refractivity contribution < 1.29 is 0 Å². The first kappa shape index (κ1) is 13.6. The van der Waals surface area contributed by atoms with Crippen LogP contribution in [0.25, 0.3) is 0 Å². The van der Waals surface area contributed by atoms with Gasteiger partial charge in [-0.3, -0.25) is 4.79 Å². The molecule has 2 aromatic heterocycles. The topological polar surface area (TPSA) is 84.7 Å². The van der Waals surface area contributed by atoms with Crippen molar-refractivity contribution in [3.8, 4) is 0 Å². The minimum absolute atomic E-state index is 0.111. The van der Waals surface area contributed by atoms with Crippen LogP contribution in [-0.2, 0) is 12.2 Å². The van der Waals surface area contributed by atoms with E-state index in [0.29, 0.717) is 16.7 Å². The first-order valence-corrected chi connectivity index (χ1v) is 7.10. The molecule has 0 aromatic carbocycles. The van der Waals surface area contributed by atoms with Crippen molar-refractivity contribution in [2.24, 2.45) is 0 Å². The number of nitrogens with zero attached hydrogens (tertiary/aromatic N) is 2. The van der Waals surface area contributed by atoms with Gasteiger partial charge in [0, 0.05) is 29.3 Å². The summed E-state index contributed by atoms with van der Waals surface area (Å²) >= 11 is 1.46. The molecule has 0 amide bonds. The van der Waals surface area contributed by atoms with Crippen molar-refractivity contribution in [1.82, 2.24) is 15.0 Å². The summed E-state index contributed by atoms with van der Waals surface area (Å²) in [7, 11) is 0. The van der Waals surface area contributed by atoms with Gasteiger partial charge in [-0.05, 0) is 12.5 Å². The smallest absolute Gasteiger partial charge is 0.251 e. The van der Waals surface area contributed by atoms with Gasteiger partial charge >= 0.3 is 0 Å². The Balaban J connectivity index is 2.11. The number of nitrogens with two attached hydrogens (primary N) is 1. The summed E-state index contributed by atoms with van der Waals surface area (Å²) in [5, 5.41) is 0.624. The van der Waals surface area contributed by atoms with Crippen molar-refractivity contribution in [3.63, 3.8) is 0 Å². The number of nitrogens with one attached hydrogen (secondary N) is 1. The lowest BCUT2D eigenvalue weighted by Gasteiger charge is -2.05. The molecular weight excluding hydrogens is 260 g/mol. The van der Waals surface area contributed by atoms with E-state index in [2.05, 4.69) is 21.9 Å². The van der Waals surface area contributed by atoms with E-state index in [1.54, 1.807) is 12.3 Å². The zero-order valence-corrected chi connectivity index (χ0v) is 11.5. The average Bonchev–Trinajstić information content (AvgIpc) is 2.37. The zero-order valence-electron chi connectivity index (χ0n) is 10.7. The van der Waals surface area contributed by atoms with Gasteiger partial charge in [0.25, 0.3) is 5.56 Å². The number of hydrogen-bond donors (Lipinski definition) is 2. The van der Waals surface area contributed by atoms with E-state index in [0.717, 1.165) is 24.1 Å². The van der Waals surface area contributed by atoms with Crippen LogP contribution in [0.3, 0.4) is 0 Å². The van der Waals surface area contributed by atoms with Crippen LogP contribution < -0.4 is 11.3 Å². The summed E-state index contributed by atoms with van der Waals surface area (Å²) in [6.07, 6.45) is 3.44. The maximum atomic E-state index is 11.5. The number of aromatic amines is 1. The lowest BCUT2D eigenvalue weighted by atomic mass is 10.2. The zero-order chi connectivity index (χ0) is 13.7. The lowest BCUT2D eigenvalue weighted by molar-refractivity contribution is 0.816. The molecule has 0 aliphatic heterocycles. The molecule has 0 atom stereocenters. The molecule has 0 aliphatic rings. The third-order valence-corrected chi connectivity index (χ3v) is 3.49. The summed E-state index contributed by atoms with van der Waals surface area (Å²) in [6.45, 7) is 2.06. The lowest BCUT2D eigenvalue weighted by Crippen LogP contribution is -2.10. The van der Waals surface area contributed by atoms with Crippen molar-refractivity contribution in [2.45, 2.75) is 30.7 Å². The number of aromatic nitrogens is 3. The molecule has 2 aromatic rings. The van der Waals surface area contributed by atoms with Crippen molar-refractivity contribution in [2.75, 3.05) is 5.73 Å². The number of H-pyrrole nitrogens is 1. The minimum Gasteiger partial charge on any atom is -0.383 e. The Morgan fingerprint density at radius 1 is 1.47 bits per heavy atom. The predicted molar refractivity (Wildman–Crippen MR) is 77.1 cm³/mol. The quantitative estimate of drug-likeness (QED) is 0.644. The monoisotopic (exact) mass is 276 g/mol. The maximum Gasteiger partial charge on any atom is 0.251 e. The van der Waals surface area contributed by atoms with E-state index in [1.807, 2.05) is 12.1 Å².